The predicted molar refractivity (Wildman–Crippen MR) is 117 cm³/mol. The second kappa shape index (κ2) is 9.32. The minimum Gasteiger partial charge on any atom is -0.462 e. The minimum atomic E-state index is -0.654. The van der Waals surface area contributed by atoms with Gasteiger partial charge >= 0.3 is 5.97 Å². The monoisotopic (exact) mass is 446 g/mol. The highest BCUT2D eigenvalue weighted by atomic mass is 35.5. The van der Waals surface area contributed by atoms with Gasteiger partial charge in [0, 0.05) is 10.7 Å². The Bertz CT molecular complexity index is 1050. The molecule has 2 amide bonds. The smallest absolute Gasteiger partial charge is 0.338 e. The van der Waals surface area contributed by atoms with Crippen LogP contribution in [0.15, 0.2) is 53.2 Å². The number of nitrogens with one attached hydrogen (secondary N) is 1. The lowest BCUT2D eigenvalue weighted by Gasteiger charge is -2.16. The zero-order valence-electron chi connectivity index (χ0n) is 16.5. The Morgan fingerprint density at radius 2 is 1.87 bits per heavy atom. The molecule has 0 fully saturated rings. The highest BCUT2D eigenvalue weighted by molar-refractivity contribution is 6.53. The van der Waals surface area contributed by atoms with E-state index in [0.717, 1.165) is 23.3 Å². The molecular weight excluding hydrogens is 427 g/mol. The highest BCUT2D eigenvalue weighted by Gasteiger charge is 2.39. The Hall–Kier alpha value is -2.83. The van der Waals surface area contributed by atoms with E-state index in [2.05, 4.69) is 5.32 Å². The number of nitrogens with zero attached hydrogens (tertiary/aromatic N) is 1. The number of imide groups is 1. The first kappa shape index (κ1) is 21.9. The van der Waals surface area contributed by atoms with Crippen LogP contribution in [0.25, 0.3) is 0 Å². The average Bonchev–Trinajstić information content (AvgIpc) is 2.94. The number of amides is 2. The van der Waals surface area contributed by atoms with Crippen molar-refractivity contribution in [2.75, 3.05) is 16.8 Å². The summed E-state index contributed by atoms with van der Waals surface area (Å²) in [5.41, 5.74) is 1.82. The van der Waals surface area contributed by atoms with E-state index in [1.54, 1.807) is 30.3 Å². The quantitative estimate of drug-likeness (QED) is 0.366. The van der Waals surface area contributed by atoms with Crippen molar-refractivity contribution in [3.8, 4) is 0 Å². The highest BCUT2D eigenvalue weighted by Crippen LogP contribution is 2.32. The lowest BCUT2D eigenvalue weighted by atomic mass is 10.2. The molecule has 1 N–H and O–H groups in total. The predicted octanol–water partition coefficient (Wildman–Crippen LogP) is 5.04. The van der Waals surface area contributed by atoms with Crippen LogP contribution in [0.5, 0.6) is 0 Å². The molecule has 0 radical (unpaired) electrons. The van der Waals surface area contributed by atoms with Gasteiger partial charge in [-0.25, -0.2) is 9.69 Å². The van der Waals surface area contributed by atoms with Crippen LogP contribution in [0.4, 0.5) is 11.4 Å². The zero-order chi connectivity index (χ0) is 21.8. The minimum absolute atomic E-state index is 0.0742. The third-order valence-corrected chi connectivity index (χ3v) is 5.30. The van der Waals surface area contributed by atoms with Crippen molar-refractivity contribution in [1.29, 1.82) is 0 Å². The second-order valence-corrected chi connectivity index (χ2v) is 7.55. The summed E-state index contributed by atoms with van der Waals surface area (Å²) in [6.07, 6.45) is 1.70. The average molecular weight is 447 g/mol. The molecule has 0 unspecified atom stereocenters. The topological polar surface area (TPSA) is 75.7 Å². The summed E-state index contributed by atoms with van der Waals surface area (Å²) < 4.78 is 5.20. The lowest BCUT2D eigenvalue weighted by Crippen LogP contribution is -2.32. The van der Waals surface area contributed by atoms with Crippen LogP contribution in [-0.4, -0.2) is 24.4 Å². The maximum atomic E-state index is 12.9. The summed E-state index contributed by atoms with van der Waals surface area (Å²) in [6, 6.07) is 11.3. The molecule has 30 heavy (non-hydrogen) atoms. The van der Waals surface area contributed by atoms with Crippen LogP contribution in [0.1, 0.15) is 35.7 Å². The SMILES string of the molecule is CCCCOC(=O)c1cccc(NC2=C(Cl)C(=O)N(c3ccc(C)c(Cl)c3)C2=O)c1. The Kier molecular flexibility index (Phi) is 6.80. The molecule has 0 aromatic heterocycles. The third kappa shape index (κ3) is 4.50. The van der Waals surface area contributed by atoms with E-state index in [1.807, 2.05) is 13.8 Å². The number of rotatable bonds is 7. The van der Waals surface area contributed by atoms with Crippen molar-refractivity contribution in [1.82, 2.24) is 0 Å². The molecule has 156 valence electrons. The number of aryl methyl sites for hydroxylation is 1. The summed E-state index contributed by atoms with van der Waals surface area (Å²) in [4.78, 5) is 38.6. The van der Waals surface area contributed by atoms with Crippen LogP contribution in [-0.2, 0) is 14.3 Å². The number of ether oxygens (including phenoxy) is 1. The number of esters is 1. The summed E-state index contributed by atoms with van der Waals surface area (Å²) in [7, 11) is 0. The molecule has 2 aromatic rings. The van der Waals surface area contributed by atoms with Gasteiger partial charge in [-0.05, 0) is 49.2 Å². The zero-order valence-corrected chi connectivity index (χ0v) is 18.0. The fourth-order valence-electron chi connectivity index (χ4n) is 2.83. The number of unbranched alkanes of at least 4 members (excludes halogenated alkanes) is 1. The Labute approximate surface area is 184 Å². The molecule has 2 aromatic carbocycles. The number of halogens is 2. The molecule has 0 aliphatic carbocycles. The first-order valence-corrected chi connectivity index (χ1v) is 10.2. The van der Waals surface area contributed by atoms with Crippen molar-refractivity contribution in [3.05, 3.63) is 69.3 Å². The first-order chi connectivity index (χ1) is 14.3. The number of carbonyl (C=O) groups is 3. The van der Waals surface area contributed by atoms with Gasteiger partial charge in [0.25, 0.3) is 11.8 Å². The molecule has 0 bridgehead atoms. The number of anilines is 2. The standard InChI is InChI=1S/C22H20Cl2N2O4/c1-3-4-10-30-22(29)14-6-5-7-15(11-14)25-19-18(24)20(27)26(21(19)28)16-9-8-13(2)17(23)12-16/h5-9,11-12,25H,3-4,10H2,1-2H3. The van der Waals surface area contributed by atoms with Crippen molar-refractivity contribution < 1.29 is 19.1 Å². The maximum Gasteiger partial charge on any atom is 0.338 e. The van der Waals surface area contributed by atoms with Crippen LogP contribution in [0.3, 0.4) is 0 Å². The molecule has 8 heteroatoms. The molecular formula is C22H20Cl2N2O4. The number of benzene rings is 2. The van der Waals surface area contributed by atoms with Crippen molar-refractivity contribution in [3.63, 3.8) is 0 Å². The number of carbonyl (C=O) groups excluding carboxylic acids is 3. The molecule has 1 heterocycles. The Morgan fingerprint density at radius 1 is 1.10 bits per heavy atom. The van der Waals surface area contributed by atoms with E-state index >= 15 is 0 Å². The van der Waals surface area contributed by atoms with Gasteiger partial charge in [0.2, 0.25) is 0 Å². The van der Waals surface area contributed by atoms with Crippen LogP contribution in [0, 0.1) is 6.92 Å². The van der Waals surface area contributed by atoms with Crippen LogP contribution >= 0.6 is 23.2 Å². The van der Waals surface area contributed by atoms with Gasteiger partial charge in [0.15, 0.2) is 0 Å². The van der Waals surface area contributed by atoms with E-state index in [-0.39, 0.29) is 10.7 Å². The fraction of sp³-hybridized carbons (Fsp3) is 0.227. The molecule has 3 rings (SSSR count). The third-order valence-electron chi connectivity index (χ3n) is 4.54. The molecule has 1 aliphatic heterocycles. The summed E-state index contributed by atoms with van der Waals surface area (Å²) in [5.74, 6) is -1.73. The van der Waals surface area contributed by atoms with Crippen LogP contribution < -0.4 is 10.2 Å². The lowest BCUT2D eigenvalue weighted by molar-refractivity contribution is -0.120. The molecule has 0 saturated carbocycles. The van der Waals surface area contributed by atoms with E-state index in [9.17, 15) is 14.4 Å². The maximum absolute atomic E-state index is 12.9. The van der Waals surface area contributed by atoms with Gasteiger partial charge in [0.1, 0.15) is 10.7 Å². The summed E-state index contributed by atoms with van der Waals surface area (Å²) in [5, 5.41) is 3.04. The molecule has 0 atom stereocenters. The van der Waals surface area contributed by atoms with Gasteiger partial charge in [-0.1, -0.05) is 48.7 Å². The number of hydrogen-bond donors (Lipinski definition) is 1. The number of hydrogen-bond acceptors (Lipinski definition) is 5. The van der Waals surface area contributed by atoms with E-state index < -0.39 is 17.8 Å². The fourth-order valence-corrected chi connectivity index (χ4v) is 3.21. The normalized spacial score (nSPS) is 13.8. The van der Waals surface area contributed by atoms with Gasteiger partial charge in [-0.2, -0.15) is 0 Å². The largest absolute Gasteiger partial charge is 0.462 e. The first-order valence-electron chi connectivity index (χ1n) is 9.42. The van der Waals surface area contributed by atoms with Crippen LogP contribution in [0.2, 0.25) is 5.02 Å². The Balaban J connectivity index is 1.80. The van der Waals surface area contributed by atoms with E-state index in [1.165, 1.54) is 12.1 Å². The van der Waals surface area contributed by atoms with Crippen molar-refractivity contribution >= 4 is 52.4 Å². The Morgan fingerprint density at radius 3 is 2.57 bits per heavy atom. The van der Waals surface area contributed by atoms with Gasteiger partial charge in [-0.3, -0.25) is 9.59 Å². The van der Waals surface area contributed by atoms with Gasteiger partial charge < -0.3 is 10.1 Å². The molecule has 6 nitrogen and oxygen atoms in total. The van der Waals surface area contributed by atoms with Gasteiger partial charge in [-0.15, -0.1) is 0 Å². The van der Waals surface area contributed by atoms with E-state index in [4.69, 9.17) is 27.9 Å². The van der Waals surface area contributed by atoms with E-state index in [0.29, 0.717) is 28.6 Å². The summed E-state index contributed by atoms with van der Waals surface area (Å²) >= 11 is 12.3. The van der Waals surface area contributed by atoms with Crippen molar-refractivity contribution in [2.24, 2.45) is 0 Å². The van der Waals surface area contributed by atoms with Gasteiger partial charge in [0.05, 0.1) is 17.9 Å². The molecule has 0 spiro atoms. The summed E-state index contributed by atoms with van der Waals surface area (Å²) in [6.45, 7) is 4.16. The molecule has 1 aliphatic rings. The second-order valence-electron chi connectivity index (χ2n) is 6.76. The molecule has 0 saturated heterocycles. The van der Waals surface area contributed by atoms with Crippen molar-refractivity contribution in [2.45, 2.75) is 26.7 Å².